The van der Waals surface area contributed by atoms with E-state index < -0.39 is 6.03 Å². The minimum absolute atomic E-state index is 0.139. The molecular weight excluding hydrogens is 485 g/mol. The monoisotopic (exact) mass is 513 g/mol. The van der Waals surface area contributed by atoms with Crippen molar-refractivity contribution in [3.63, 3.8) is 0 Å². The second-order valence-corrected chi connectivity index (χ2v) is 9.44. The van der Waals surface area contributed by atoms with Gasteiger partial charge in [-0.25, -0.2) is 9.48 Å². The molecule has 2 aromatic carbocycles. The lowest BCUT2D eigenvalue weighted by Crippen LogP contribution is -2.29. The molecule has 1 aliphatic rings. The van der Waals surface area contributed by atoms with Crippen LogP contribution < -0.4 is 10.6 Å². The molecule has 3 aromatic rings. The normalized spacial score (nSPS) is 13.2. The number of hydrogen-bond donors (Lipinski definition) is 2. The van der Waals surface area contributed by atoms with Crippen LogP contribution in [0.15, 0.2) is 48.5 Å². The van der Waals surface area contributed by atoms with Gasteiger partial charge in [0.05, 0.1) is 33.5 Å². The Morgan fingerprint density at radius 1 is 1.03 bits per heavy atom. The van der Waals surface area contributed by atoms with E-state index in [4.69, 9.17) is 28.3 Å². The Labute approximate surface area is 215 Å². The molecule has 4 rings (SSSR count). The molecule has 1 aliphatic heterocycles. The molecule has 0 saturated carbocycles. The fourth-order valence-corrected chi connectivity index (χ4v) is 4.47. The van der Waals surface area contributed by atoms with E-state index in [0.717, 1.165) is 62.1 Å². The van der Waals surface area contributed by atoms with Crippen LogP contribution in [0.3, 0.4) is 0 Å². The van der Waals surface area contributed by atoms with Gasteiger partial charge in [-0.1, -0.05) is 54.7 Å². The SMILES string of the molecule is CCCCc1cc(NC(=O)Nc2cccc(Cl)c2Cl)n(-c2cccc(CC(=O)N3CCCC3)c2)n1. The number of halogens is 2. The number of nitrogens with zero attached hydrogens (tertiary/aromatic N) is 3. The van der Waals surface area contributed by atoms with Gasteiger partial charge >= 0.3 is 6.03 Å². The van der Waals surface area contributed by atoms with Gasteiger partial charge in [0.15, 0.2) is 0 Å². The van der Waals surface area contributed by atoms with E-state index in [-0.39, 0.29) is 10.9 Å². The molecule has 0 spiro atoms. The van der Waals surface area contributed by atoms with Crippen molar-refractivity contribution in [3.8, 4) is 5.69 Å². The number of carbonyl (C=O) groups excluding carboxylic acids is 2. The summed E-state index contributed by atoms with van der Waals surface area (Å²) in [4.78, 5) is 27.4. The standard InChI is InChI=1S/C26H29Cl2N5O2/c1-2-3-9-19-17-23(30-26(35)29-22-12-7-11-21(27)25(22)28)33(31-19)20-10-6-8-18(15-20)16-24(34)32-13-4-5-14-32/h6-8,10-12,15,17H,2-5,9,13-14,16H2,1H3,(H2,29,30,35). The summed E-state index contributed by atoms with van der Waals surface area (Å²) in [6.45, 7) is 3.79. The Kier molecular flexibility index (Phi) is 8.31. The third-order valence-electron chi connectivity index (χ3n) is 5.96. The van der Waals surface area contributed by atoms with Gasteiger partial charge in [-0.05, 0) is 55.5 Å². The highest BCUT2D eigenvalue weighted by Gasteiger charge is 2.19. The highest BCUT2D eigenvalue weighted by atomic mass is 35.5. The van der Waals surface area contributed by atoms with Gasteiger partial charge in [0.2, 0.25) is 5.91 Å². The zero-order chi connectivity index (χ0) is 24.8. The van der Waals surface area contributed by atoms with Crippen molar-refractivity contribution in [2.24, 2.45) is 0 Å². The smallest absolute Gasteiger partial charge is 0.324 e. The molecular formula is C26H29Cl2N5O2. The van der Waals surface area contributed by atoms with Crippen molar-refractivity contribution < 1.29 is 9.59 Å². The van der Waals surface area contributed by atoms with Crippen LogP contribution in [0, 0.1) is 0 Å². The summed E-state index contributed by atoms with van der Waals surface area (Å²) in [6.07, 6.45) is 5.30. The number of rotatable bonds is 8. The average molecular weight is 514 g/mol. The maximum Gasteiger partial charge on any atom is 0.324 e. The molecule has 0 bridgehead atoms. The molecule has 1 saturated heterocycles. The van der Waals surface area contributed by atoms with Crippen LogP contribution in [0.2, 0.25) is 10.0 Å². The van der Waals surface area contributed by atoms with Crippen molar-refractivity contribution in [1.29, 1.82) is 0 Å². The molecule has 7 nitrogen and oxygen atoms in total. The highest BCUT2D eigenvalue weighted by molar-refractivity contribution is 6.44. The molecule has 0 atom stereocenters. The van der Waals surface area contributed by atoms with Gasteiger partial charge in [0, 0.05) is 19.2 Å². The Morgan fingerprint density at radius 3 is 2.57 bits per heavy atom. The second-order valence-electron chi connectivity index (χ2n) is 8.65. The van der Waals surface area contributed by atoms with E-state index in [1.54, 1.807) is 22.9 Å². The number of nitrogens with one attached hydrogen (secondary N) is 2. The number of benzene rings is 2. The first-order valence-electron chi connectivity index (χ1n) is 11.9. The summed E-state index contributed by atoms with van der Waals surface area (Å²) in [5.41, 5.74) is 2.97. The number of anilines is 2. The molecule has 0 unspecified atom stereocenters. The van der Waals surface area contributed by atoms with E-state index >= 15 is 0 Å². The first kappa shape index (κ1) is 25.1. The van der Waals surface area contributed by atoms with Crippen molar-refractivity contribution in [3.05, 3.63) is 69.8 Å². The molecule has 0 aliphatic carbocycles. The summed E-state index contributed by atoms with van der Waals surface area (Å²) in [7, 11) is 0. The lowest BCUT2D eigenvalue weighted by Gasteiger charge is -2.16. The number of hydrogen-bond acceptors (Lipinski definition) is 3. The summed E-state index contributed by atoms with van der Waals surface area (Å²) in [5, 5.41) is 11.0. The molecule has 1 aromatic heterocycles. The molecule has 1 fully saturated rings. The molecule has 0 radical (unpaired) electrons. The fourth-order valence-electron chi connectivity index (χ4n) is 4.12. The Balaban J connectivity index is 1.56. The minimum Gasteiger partial charge on any atom is -0.342 e. The second kappa shape index (κ2) is 11.6. The zero-order valence-electron chi connectivity index (χ0n) is 19.7. The summed E-state index contributed by atoms with van der Waals surface area (Å²) < 4.78 is 1.70. The molecule has 2 N–H and O–H groups in total. The highest BCUT2D eigenvalue weighted by Crippen LogP contribution is 2.30. The van der Waals surface area contributed by atoms with Gasteiger partial charge in [-0.3, -0.25) is 10.1 Å². The van der Waals surface area contributed by atoms with Crippen LogP contribution in [0.1, 0.15) is 43.9 Å². The average Bonchev–Trinajstić information content (AvgIpc) is 3.51. The number of unbranched alkanes of at least 4 members (excludes halogenated alkanes) is 1. The topological polar surface area (TPSA) is 79.3 Å². The number of likely N-dealkylation sites (tertiary alicyclic amines) is 1. The van der Waals surface area contributed by atoms with E-state index in [1.807, 2.05) is 35.2 Å². The van der Waals surface area contributed by atoms with Crippen molar-refractivity contribution in [2.75, 3.05) is 23.7 Å². The van der Waals surface area contributed by atoms with E-state index in [9.17, 15) is 9.59 Å². The first-order valence-corrected chi connectivity index (χ1v) is 12.7. The quantitative estimate of drug-likeness (QED) is 0.369. The number of aromatic nitrogens is 2. The lowest BCUT2D eigenvalue weighted by atomic mass is 10.1. The summed E-state index contributed by atoms with van der Waals surface area (Å²) in [6, 6.07) is 14.2. The predicted octanol–water partition coefficient (Wildman–Crippen LogP) is 6.33. The largest absolute Gasteiger partial charge is 0.342 e. The first-order chi connectivity index (χ1) is 16.9. The molecule has 9 heteroatoms. The predicted molar refractivity (Wildman–Crippen MR) is 141 cm³/mol. The third-order valence-corrected chi connectivity index (χ3v) is 6.78. The molecule has 2 heterocycles. The fraction of sp³-hybridized carbons (Fsp3) is 0.346. The van der Waals surface area contributed by atoms with E-state index in [2.05, 4.69) is 17.6 Å². The maximum absolute atomic E-state index is 12.8. The number of carbonyl (C=O) groups is 2. The van der Waals surface area contributed by atoms with Gasteiger partial charge in [-0.15, -0.1) is 0 Å². The van der Waals surface area contributed by atoms with Crippen LogP contribution in [-0.4, -0.2) is 39.7 Å². The molecule has 35 heavy (non-hydrogen) atoms. The van der Waals surface area contributed by atoms with Crippen molar-refractivity contribution >= 4 is 46.6 Å². The number of aryl methyl sites for hydroxylation is 1. The van der Waals surface area contributed by atoms with Crippen molar-refractivity contribution in [1.82, 2.24) is 14.7 Å². The Hall–Kier alpha value is -3.03. The number of amides is 3. The van der Waals surface area contributed by atoms with Crippen LogP contribution in [-0.2, 0) is 17.6 Å². The van der Waals surface area contributed by atoms with E-state index in [1.165, 1.54) is 0 Å². The molecule has 184 valence electrons. The Morgan fingerprint density at radius 2 is 1.80 bits per heavy atom. The van der Waals surface area contributed by atoms with Crippen LogP contribution in [0.25, 0.3) is 5.69 Å². The zero-order valence-corrected chi connectivity index (χ0v) is 21.2. The minimum atomic E-state index is -0.460. The summed E-state index contributed by atoms with van der Waals surface area (Å²) in [5.74, 6) is 0.662. The van der Waals surface area contributed by atoms with Crippen LogP contribution >= 0.6 is 23.2 Å². The van der Waals surface area contributed by atoms with Gasteiger partial charge in [0.25, 0.3) is 0 Å². The van der Waals surface area contributed by atoms with Crippen LogP contribution in [0.4, 0.5) is 16.3 Å². The Bertz CT molecular complexity index is 1200. The van der Waals surface area contributed by atoms with Gasteiger partial charge in [0.1, 0.15) is 5.82 Å². The van der Waals surface area contributed by atoms with Crippen molar-refractivity contribution in [2.45, 2.75) is 45.4 Å². The van der Waals surface area contributed by atoms with Gasteiger partial charge in [-0.2, -0.15) is 5.10 Å². The number of urea groups is 1. The van der Waals surface area contributed by atoms with Gasteiger partial charge < -0.3 is 10.2 Å². The third kappa shape index (κ3) is 6.35. The van der Waals surface area contributed by atoms with Crippen LogP contribution in [0.5, 0.6) is 0 Å². The molecule has 3 amide bonds. The lowest BCUT2D eigenvalue weighted by molar-refractivity contribution is -0.129. The maximum atomic E-state index is 12.8. The van der Waals surface area contributed by atoms with E-state index in [0.29, 0.717) is 22.9 Å². The summed E-state index contributed by atoms with van der Waals surface area (Å²) >= 11 is 12.3.